The molecule has 6 nitrogen and oxygen atoms in total. The quantitative estimate of drug-likeness (QED) is 0.805. The molecule has 6 heteroatoms. The van der Waals surface area contributed by atoms with Gasteiger partial charge in [0.2, 0.25) is 0 Å². The fraction of sp³-hybridized carbons (Fsp3) is 0.429. The zero-order valence-electron chi connectivity index (χ0n) is 11.9. The van der Waals surface area contributed by atoms with Crippen LogP contribution in [0.4, 0.5) is 0 Å². The number of hydrogen-bond acceptors (Lipinski definition) is 5. The summed E-state index contributed by atoms with van der Waals surface area (Å²) in [5.41, 5.74) is -1.15. The highest BCUT2D eigenvalue weighted by molar-refractivity contribution is 5.91. The summed E-state index contributed by atoms with van der Waals surface area (Å²) in [7, 11) is 1.36. The van der Waals surface area contributed by atoms with Crippen molar-refractivity contribution in [3.8, 4) is 11.5 Å². The van der Waals surface area contributed by atoms with Crippen LogP contribution in [0.3, 0.4) is 0 Å². The standard InChI is InChI=1S/C14H18O6/c1-5-19-13(17)14(2,3)20-9-6-7-10(12(15)16)11(8-9)18-4/h6-8H,5H2,1-4H3,(H,15,16). The Morgan fingerprint density at radius 3 is 2.45 bits per heavy atom. The van der Waals surface area contributed by atoms with Crippen molar-refractivity contribution < 1.29 is 28.9 Å². The van der Waals surface area contributed by atoms with E-state index < -0.39 is 17.5 Å². The molecule has 0 spiro atoms. The Kier molecular flexibility index (Phi) is 4.96. The van der Waals surface area contributed by atoms with Crippen LogP contribution >= 0.6 is 0 Å². The van der Waals surface area contributed by atoms with Crippen LogP contribution in [0, 0.1) is 0 Å². The van der Waals surface area contributed by atoms with E-state index in [0.717, 1.165) is 0 Å². The minimum absolute atomic E-state index is 0.0220. The smallest absolute Gasteiger partial charge is 0.349 e. The van der Waals surface area contributed by atoms with Gasteiger partial charge in [-0.15, -0.1) is 0 Å². The largest absolute Gasteiger partial charge is 0.496 e. The van der Waals surface area contributed by atoms with Crippen molar-refractivity contribution in [2.75, 3.05) is 13.7 Å². The van der Waals surface area contributed by atoms with Crippen molar-refractivity contribution >= 4 is 11.9 Å². The summed E-state index contributed by atoms with van der Waals surface area (Å²) in [6.07, 6.45) is 0. The summed E-state index contributed by atoms with van der Waals surface area (Å²) >= 11 is 0. The summed E-state index contributed by atoms with van der Waals surface area (Å²) in [6.45, 7) is 5.11. The van der Waals surface area contributed by atoms with Crippen molar-refractivity contribution in [2.45, 2.75) is 26.4 Å². The Morgan fingerprint density at radius 2 is 1.95 bits per heavy atom. The molecule has 0 heterocycles. The Morgan fingerprint density at radius 1 is 1.30 bits per heavy atom. The molecule has 0 atom stereocenters. The lowest BCUT2D eigenvalue weighted by Gasteiger charge is -2.24. The van der Waals surface area contributed by atoms with Gasteiger partial charge in [0.1, 0.15) is 17.1 Å². The second-order valence-corrected chi connectivity index (χ2v) is 4.50. The molecule has 0 aromatic heterocycles. The summed E-state index contributed by atoms with van der Waals surface area (Å²) in [4.78, 5) is 22.7. The lowest BCUT2D eigenvalue weighted by atomic mass is 10.1. The molecular formula is C14H18O6. The average Bonchev–Trinajstić information content (AvgIpc) is 2.38. The van der Waals surface area contributed by atoms with E-state index in [9.17, 15) is 9.59 Å². The predicted molar refractivity (Wildman–Crippen MR) is 71.3 cm³/mol. The third-order valence-corrected chi connectivity index (χ3v) is 2.54. The molecule has 0 amide bonds. The second-order valence-electron chi connectivity index (χ2n) is 4.50. The van der Waals surface area contributed by atoms with Crippen LogP contribution < -0.4 is 9.47 Å². The predicted octanol–water partition coefficient (Wildman–Crippen LogP) is 2.11. The molecule has 0 aliphatic rings. The molecule has 0 fully saturated rings. The first-order valence-electron chi connectivity index (χ1n) is 6.09. The van der Waals surface area contributed by atoms with E-state index in [0.29, 0.717) is 5.75 Å². The number of aromatic carboxylic acids is 1. The first-order valence-corrected chi connectivity index (χ1v) is 6.09. The number of rotatable bonds is 6. The molecule has 0 radical (unpaired) electrons. The molecule has 0 aliphatic carbocycles. The highest BCUT2D eigenvalue weighted by Gasteiger charge is 2.31. The normalized spacial score (nSPS) is 10.8. The third kappa shape index (κ3) is 3.63. The summed E-state index contributed by atoms with van der Waals surface area (Å²) in [6, 6.07) is 4.25. The van der Waals surface area contributed by atoms with Gasteiger partial charge in [-0.05, 0) is 32.9 Å². The summed E-state index contributed by atoms with van der Waals surface area (Å²) in [5.74, 6) is -1.11. The van der Waals surface area contributed by atoms with Gasteiger partial charge in [0.05, 0.1) is 13.7 Å². The molecule has 1 aromatic rings. The van der Waals surface area contributed by atoms with Crippen LogP contribution in [-0.4, -0.2) is 36.4 Å². The Bertz CT molecular complexity index is 506. The number of carboxylic acid groups (broad SMARTS) is 1. The van der Waals surface area contributed by atoms with Crippen molar-refractivity contribution in [2.24, 2.45) is 0 Å². The van der Waals surface area contributed by atoms with Crippen LogP contribution in [0.15, 0.2) is 18.2 Å². The van der Waals surface area contributed by atoms with Gasteiger partial charge >= 0.3 is 11.9 Å². The maximum Gasteiger partial charge on any atom is 0.349 e. The molecule has 0 bridgehead atoms. The van der Waals surface area contributed by atoms with E-state index in [1.807, 2.05) is 0 Å². The fourth-order valence-electron chi connectivity index (χ4n) is 1.55. The molecule has 0 unspecified atom stereocenters. The van der Waals surface area contributed by atoms with Crippen LogP contribution in [0.25, 0.3) is 0 Å². The van der Waals surface area contributed by atoms with E-state index in [4.69, 9.17) is 19.3 Å². The van der Waals surface area contributed by atoms with Gasteiger partial charge in [-0.2, -0.15) is 0 Å². The number of methoxy groups -OCH3 is 1. The monoisotopic (exact) mass is 282 g/mol. The van der Waals surface area contributed by atoms with Gasteiger partial charge in [0.25, 0.3) is 0 Å². The third-order valence-electron chi connectivity index (χ3n) is 2.54. The molecule has 20 heavy (non-hydrogen) atoms. The van der Waals surface area contributed by atoms with Gasteiger partial charge in [-0.25, -0.2) is 9.59 Å². The van der Waals surface area contributed by atoms with Gasteiger partial charge < -0.3 is 19.3 Å². The number of ether oxygens (including phenoxy) is 3. The van der Waals surface area contributed by atoms with Crippen LogP contribution in [0.2, 0.25) is 0 Å². The zero-order chi connectivity index (χ0) is 15.3. The van der Waals surface area contributed by atoms with Crippen molar-refractivity contribution in [3.05, 3.63) is 23.8 Å². The van der Waals surface area contributed by atoms with Crippen LogP contribution in [0.1, 0.15) is 31.1 Å². The van der Waals surface area contributed by atoms with Crippen molar-refractivity contribution in [1.29, 1.82) is 0 Å². The molecule has 0 saturated carbocycles. The number of carbonyl (C=O) groups is 2. The summed E-state index contributed by atoms with van der Waals surface area (Å²) in [5, 5.41) is 8.98. The Hall–Kier alpha value is -2.24. The number of hydrogen-bond donors (Lipinski definition) is 1. The van der Waals surface area contributed by atoms with Crippen LogP contribution in [0.5, 0.6) is 11.5 Å². The van der Waals surface area contributed by atoms with Crippen molar-refractivity contribution in [1.82, 2.24) is 0 Å². The Balaban J connectivity index is 2.99. The van der Waals surface area contributed by atoms with E-state index in [-0.39, 0.29) is 17.9 Å². The van der Waals surface area contributed by atoms with Crippen LogP contribution in [-0.2, 0) is 9.53 Å². The highest BCUT2D eigenvalue weighted by Crippen LogP contribution is 2.27. The molecule has 1 N–H and O–H groups in total. The van der Waals surface area contributed by atoms with Crippen molar-refractivity contribution in [3.63, 3.8) is 0 Å². The molecule has 1 rings (SSSR count). The van der Waals surface area contributed by atoms with Gasteiger partial charge in [0.15, 0.2) is 5.60 Å². The van der Waals surface area contributed by atoms with E-state index in [1.165, 1.54) is 25.3 Å². The molecular weight excluding hydrogens is 264 g/mol. The number of carbonyl (C=O) groups excluding carboxylic acids is 1. The van der Waals surface area contributed by atoms with Gasteiger partial charge in [-0.1, -0.05) is 0 Å². The number of carboxylic acids is 1. The van der Waals surface area contributed by atoms with E-state index in [1.54, 1.807) is 20.8 Å². The molecule has 110 valence electrons. The first kappa shape index (κ1) is 15.8. The maximum atomic E-state index is 11.7. The highest BCUT2D eigenvalue weighted by atomic mass is 16.6. The van der Waals surface area contributed by atoms with E-state index >= 15 is 0 Å². The Labute approximate surface area is 117 Å². The fourth-order valence-corrected chi connectivity index (χ4v) is 1.55. The summed E-state index contributed by atoms with van der Waals surface area (Å²) < 4.78 is 15.4. The maximum absolute atomic E-state index is 11.7. The minimum atomic E-state index is -1.17. The average molecular weight is 282 g/mol. The zero-order valence-corrected chi connectivity index (χ0v) is 11.9. The van der Waals surface area contributed by atoms with Gasteiger partial charge in [0, 0.05) is 6.07 Å². The molecule has 1 aromatic carbocycles. The lowest BCUT2D eigenvalue weighted by Crippen LogP contribution is -2.39. The SMILES string of the molecule is CCOC(=O)C(C)(C)Oc1ccc(C(=O)O)c(OC)c1. The minimum Gasteiger partial charge on any atom is -0.496 e. The second kappa shape index (κ2) is 6.27. The lowest BCUT2D eigenvalue weighted by molar-refractivity contribution is -0.158. The molecule has 0 aliphatic heterocycles. The topological polar surface area (TPSA) is 82.1 Å². The number of esters is 1. The molecule has 0 saturated heterocycles. The first-order chi connectivity index (χ1) is 9.31. The van der Waals surface area contributed by atoms with Gasteiger partial charge in [-0.3, -0.25) is 0 Å². The number of benzene rings is 1. The van der Waals surface area contributed by atoms with E-state index in [2.05, 4.69) is 0 Å².